The monoisotopic (exact) mass is 218 g/mol. The van der Waals surface area contributed by atoms with Crippen LogP contribution in [0.5, 0.6) is 0 Å². The number of rotatable bonds is 5. The lowest BCUT2D eigenvalue weighted by molar-refractivity contribution is 0.0499. The van der Waals surface area contributed by atoms with Gasteiger partial charge in [-0.3, -0.25) is 0 Å². The number of carbonyl (C=O) groups excluding carboxylic acids is 1. The van der Waals surface area contributed by atoms with Crippen LogP contribution in [0.25, 0.3) is 0 Å². The van der Waals surface area contributed by atoms with E-state index in [2.05, 4.69) is 0 Å². The summed E-state index contributed by atoms with van der Waals surface area (Å²) in [6.07, 6.45) is 1.96. The van der Waals surface area contributed by atoms with Crippen LogP contribution in [0.1, 0.15) is 29.6 Å². The standard InChI is InChI=1S/C12H14N2O2/c13-7-2-1-3-8-16-12(15)10-5-4-6-11(14)9-10/h4-6,9H,1-3,8,14H2. The molecule has 4 heteroatoms. The van der Waals surface area contributed by atoms with E-state index >= 15 is 0 Å². The third-order valence-electron chi connectivity index (χ3n) is 2.04. The first-order valence-electron chi connectivity index (χ1n) is 5.13. The Kier molecular flexibility index (Phi) is 4.87. The largest absolute Gasteiger partial charge is 0.462 e. The molecule has 1 rings (SSSR count). The highest BCUT2D eigenvalue weighted by Crippen LogP contribution is 2.08. The van der Waals surface area contributed by atoms with Gasteiger partial charge in [-0.2, -0.15) is 5.26 Å². The molecule has 16 heavy (non-hydrogen) atoms. The summed E-state index contributed by atoms with van der Waals surface area (Å²) in [5.41, 5.74) is 6.55. The molecule has 0 amide bonds. The lowest BCUT2D eigenvalue weighted by Crippen LogP contribution is -2.06. The average molecular weight is 218 g/mol. The summed E-state index contributed by atoms with van der Waals surface area (Å²) in [4.78, 5) is 11.5. The number of hydrogen-bond donors (Lipinski definition) is 1. The Hall–Kier alpha value is -2.02. The van der Waals surface area contributed by atoms with Crippen LogP contribution in [0, 0.1) is 11.3 Å². The predicted octanol–water partition coefficient (Wildman–Crippen LogP) is 2.12. The van der Waals surface area contributed by atoms with Gasteiger partial charge in [-0.25, -0.2) is 4.79 Å². The van der Waals surface area contributed by atoms with Crippen molar-refractivity contribution in [2.45, 2.75) is 19.3 Å². The molecular formula is C12H14N2O2. The molecule has 0 aliphatic rings. The summed E-state index contributed by atoms with van der Waals surface area (Å²) in [5.74, 6) is -0.371. The number of hydrogen-bond acceptors (Lipinski definition) is 4. The van der Waals surface area contributed by atoms with Gasteiger partial charge in [0.1, 0.15) is 0 Å². The van der Waals surface area contributed by atoms with E-state index in [0.717, 1.165) is 6.42 Å². The van der Waals surface area contributed by atoms with E-state index in [0.29, 0.717) is 30.7 Å². The Labute approximate surface area is 94.6 Å². The van der Waals surface area contributed by atoms with Crippen molar-refractivity contribution in [1.82, 2.24) is 0 Å². The van der Waals surface area contributed by atoms with Gasteiger partial charge in [0.05, 0.1) is 18.2 Å². The molecule has 0 heterocycles. The summed E-state index contributed by atoms with van der Waals surface area (Å²) in [6.45, 7) is 0.343. The first-order valence-corrected chi connectivity index (χ1v) is 5.13. The average Bonchev–Trinajstić information content (AvgIpc) is 2.28. The van der Waals surface area contributed by atoms with Crippen LogP contribution in [0.2, 0.25) is 0 Å². The van der Waals surface area contributed by atoms with Gasteiger partial charge in [-0.15, -0.1) is 0 Å². The minimum atomic E-state index is -0.371. The summed E-state index contributed by atoms with van der Waals surface area (Å²) in [7, 11) is 0. The number of carbonyl (C=O) groups is 1. The molecule has 0 atom stereocenters. The zero-order valence-electron chi connectivity index (χ0n) is 8.98. The second kappa shape index (κ2) is 6.46. The van der Waals surface area contributed by atoms with Crippen molar-refractivity contribution >= 4 is 11.7 Å². The smallest absolute Gasteiger partial charge is 0.338 e. The molecule has 0 spiro atoms. The van der Waals surface area contributed by atoms with Gasteiger partial charge in [-0.1, -0.05) is 6.07 Å². The van der Waals surface area contributed by atoms with Gasteiger partial charge >= 0.3 is 5.97 Å². The first-order chi connectivity index (χ1) is 7.74. The van der Waals surface area contributed by atoms with Gasteiger partial charge in [0.15, 0.2) is 0 Å². The van der Waals surface area contributed by atoms with Crippen LogP contribution >= 0.6 is 0 Å². The lowest BCUT2D eigenvalue weighted by atomic mass is 10.2. The predicted molar refractivity (Wildman–Crippen MR) is 60.6 cm³/mol. The Balaban J connectivity index is 2.33. The number of nitrogens with zero attached hydrogens (tertiary/aromatic N) is 1. The third-order valence-corrected chi connectivity index (χ3v) is 2.04. The van der Waals surface area contributed by atoms with Gasteiger partial charge in [-0.05, 0) is 31.0 Å². The molecule has 4 nitrogen and oxygen atoms in total. The maximum absolute atomic E-state index is 11.5. The van der Waals surface area contributed by atoms with Crippen molar-refractivity contribution in [1.29, 1.82) is 5.26 Å². The van der Waals surface area contributed by atoms with Crippen molar-refractivity contribution < 1.29 is 9.53 Å². The molecule has 0 aromatic heterocycles. The molecule has 0 aliphatic carbocycles. The van der Waals surface area contributed by atoms with Crippen LogP contribution in [-0.4, -0.2) is 12.6 Å². The van der Waals surface area contributed by atoms with E-state index in [-0.39, 0.29) is 5.97 Å². The highest BCUT2D eigenvalue weighted by atomic mass is 16.5. The molecule has 84 valence electrons. The van der Waals surface area contributed by atoms with Crippen molar-refractivity contribution in [2.24, 2.45) is 0 Å². The fourth-order valence-electron chi connectivity index (χ4n) is 1.22. The van der Waals surface area contributed by atoms with E-state index in [9.17, 15) is 4.79 Å². The topological polar surface area (TPSA) is 76.1 Å². The molecule has 0 aliphatic heterocycles. The van der Waals surface area contributed by atoms with Crippen molar-refractivity contribution in [3.8, 4) is 6.07 Å². The number of unbranched alkanes of at least 4 members (excludes halogenated alkanes) is 2. The van der Waals surface area contributed by atoms with E-state index in [1.54, 1.807) is 24.3 Å². The lowest BCUT2D eigenvalue weighted by Gasteiger charge is -2.04. The molecule has 0 radical (unpaired) electrons. The number of esters is 1. The molecule has 0 bridgehead atoms. The van der Waals surface area contributed by atoms with Crippen LogP contribution < -0.4 is 5.73 Å². The molecule has 1 aromatic carbocycles. The normalized spacial score (nSPS) is 9.44. The number of nitrogen functional groups attached to an aromatic ring is 1. The van der Waals surface area contributed by atoms with Gasteiger partial charge in [0.25, 0.3) is 0 Å². The summed E-state index contributed by atoms with van der Waals surface area (Å²) in [6, 6.07) is 8.70. The van der Waals surface area contributed by atoms with E-state index < -0.39 is 0 Å². The number of nitrogens with two attached hydrogens (primary N) is 1. The van der Waals surface area contributed by atoms with Gasteiger partial charge < -0.3 is 10.5 Å². The summed E-state index contributed by atoms with van der Waals surface area (Å²) < 4.78 is 5.03. The molecule has 0 saturated heterocycles. The molecule has 0 unspecified atom stereocenters. The van der Waals surface area contributed by atoms with E-state index in [4.69, 9.17) is 15.7 Å². The Morgan fingerprint density at radius 3 is 2.94 bits per heavy atom. The maximum atomic E-state index is 11.5. The van der Waals surface area contributed by atoms with Gasteiger partial charge in [0, 0.05) is 12.1 Å². The zero-order valence-corrected chi connectivity index (χ0v) is 8.98. The summed E-state index contributed by atoms with van der Waals surface area (Å²) in [5, 5.41) is 8.31. The van der Waals surface area contributed by atoms with Crippen LogP contribution in [0.4, 0.5) is 5.69 Å². The van der Waals surface area contributed by atoms with Gasteiger partial charge in [0.2, 0.25) is 0 Å². The molecule has 0 saturated carbocycles. The van der Waals surface area contributed by atoms with Crippen LogP contribution in [0.3, 0.4) is 0 Å². The number of anilines is 1. The zero-order chi connectivity index (χ0) is 11.8. The SMILES string of the molecule is N#CCCCCOC(=O)c1cccc(N)c1. The Morgan fingerprint density at radius 1 is 1.44 bits per heavy atom. The number of benzene rings is 1. The fraction of sp³-hybridized carbons (Fsp3) is 0.333. The second-order valence-electron chi connectivity index (χ2n) is 3.38. The van der Waals surface area contributed by atoms with Crippen LogP contribution in [0.15, 0.2) is 24.3 Å². The maximum Gasteiger partial charge on any atom is 0.338 e. The van der Waals surface area contributed by atoms with Crippen molar-refractivity contribution in [2.75, 3.05) is 12.3 Å². The molecule has 1 aromatic rings. The highest BCUT2D eigenvalue weighted by molar-refractivity contribution is 5.90. The Morgan fingerprint density at radius 2 is 2.25 bits per heavy atom. The third kappa shape index (κ3) is 4.01. The minimum Gasteiger partial charge on any atom is -0.462 e. The molecule has 2 N–H and O–H groups in total. The van der Waals surface area contributed by atoms with E-state index in [1.807, 2.05) is 6.07 Å². The number of nitriles is 1. The Bertz CT molecular complexity index is 396. The summed E-state index contributed by atoms with van der Waals surface area (Å²) >= 11 is 0. The minimum absolute atomic E-state index is 0.343. The fourth-order valence-corrected chi connectivity index (χ4v) is 1.22. The number of ether oxygens (including phenoxy) is 1. The quantitative estimate of drug-likeness (QED) is 0.466. The van der Waals surface area contributed by atoms with Crippen LogP contribution in [-0.2, 0) is 4.74 Å². The molecular weight excluding hydrogens is 204 g/mol. The van der Waals surface area contributed by atoms with Crippen molar-refractivity contribution in [3.63, 3.8) is 0 Å². The second-order valence-corrected chi connectivity index (χ2v) is 3.38. The highest BCUT2D eigenvalue weighted by Gasteiger charge is 2.06. The first kappa shape index (κ1) is 12.1. The van der Waals surface area contributed by atoms with Crippen molar-refractivity contribution in [3.05, 3.63) is 29.8 Å². The van der Waals surface area contributed by atoms with E-state index in [1.165, 1.54) is 0 Å². The molecule has 0 fully saturated rings.